The minimum atomic E-state index is -4.54. The van der Waals surface area contributed by atoms with Gasteiger partial charge in [-0.05, 0) is 24.1 Å². The predicted molar refractivity (Wildman–Crippen MR) is 87.2 cm³/mol. The van der Waals surface area contributed by atoms with E-state index in [0.717, 1.165) is 19.0 Å². The summed E-state index contributed by atoms with van der Waals surface area (Å²) in [5, 5.41) is -0.372. The van der Waals surface area contributed by atoms with E-state index in [0.29, 0.717) is 12.4 Å². The third-order valence-corrected chi connectivity index (χ3v) is 4.28. The van der Waals surface area contributed by atoms with Crippen LogP contribution >= 0.6 is 11.6 Å². The minimum Gasteiger partial charge on any atom is -0.473 e. The minimum absolute atomic E-state index is 0.0773. The van der Waals surface area contributed by atoms with E-state index in [1.165, 1.54) is 12.1 Å². The molecule has 2 aromatic rings. The van der Waals surface area contributed by atoms with Gasteiger partial charge in [0, 0.05) is 26.2 Å². The summed E-state index contributed by atoms with van der Waals surface area (Å²) >= 11 is 5.59. The van der Waals surface area contributed by atoms with Gasteiger partial charge in [-0.15, -0.1) is 0 Å². The number of halogens is 4. The van der Waals surface area contributed by atoms with Crippen LogP contribution in [0.4, 0.5) is 19.0 Å². The molecule has 0 unspecified atom stereocenters. The molecular formula is C16H15ClF3N3O2. The maximum atomic E-state index is 12.9. The van der Waals surface area contributed by atoms with Crippen LogP contribution in [0.1, 0.15) is 17.5 Å². The molecule has 0 amide bonds. The second-order valence-corrected chi connectivity index (χ2v) is 6.17. The summed E-state index contributed by atoms with van der Waals surface area (Å²) in [6, 6.07) is 5.15. The van der Waals surface area contributed by atoms with Crippen LogP contribution < -0.4 is 15.3 Å². The van der Waals surface area contributed by atoms with Crippen LogP contribution in [0.15, 0.2) is 29.1 Å². The van der Waals surface area contributed by atoms with E-state index >= 15 is 0 Å². The maximum Gasteiger partial charge on any atom is 0.417 e. The molecule has 25 heavy (non-hydrogen) atoms. The van der Waals surface area contributed by atoms with Crippen LogP contribution in [-0.4, -0.2) is 23.1 Å². The SMILES string of the molecule is CN1CCCn2c1cc(OCc1ccc(Cl)c(C(F)(F)F)c1)nc2=O. The van der Waals surface area contributed by atoms with Gasteiger partial charge in [0.2, 0.25) is 5.88 Å². The van der Waals surface area contributed by atoms with Crippen molar-refractivity contribution in [1.82, 2.24) is 9.55 Å². The Kier molecular flexibility index (Phi) is 4.64. The van der Waals surface area contributed by atoms with Crippen molar-refractivity contribution >= 4 is 17.4 Å². The maximum absolute atomic E-state index is 12.9. The molecule has 1 aliphatic heterocycles. The molecule has 0 bridgehead atoms. The average Bonchev–Trinajstić information content (AvgIpc) is 2.54. The van der Waals surface area contributed by atoms with E-state index in [1.807, 2.05) is 11.9 Å². The Labute approximate surface area is 146 Å². The molecule has 9 heteroatoms. The lowest BCUT2D eigenvalue weighted by molar-refractivity contribution is -0.137. The fraction of sp³-hybridized carbons (Fsp3) is 0.375. The van der Waals surface area contributed by atoms with Crippen molar-refractivity contribution in [1.29, 1.82) is 0 Å². The third-order valence-electron chi connectivity index (χ3n) is 3.96. The number of ether oxygens (including phenoxy) is 1. The fourth-order valence-electron chi connectivity index (χ4n) is 2.69. The van der Waals surface area contributed by atoms with Crippen LogP contribution in [0.2, 0.25) is 5.02 Å². The molecule has 0 spiro atoms. The molecule has 0 fully saturated rings. The Morgan fingerprint density at radius 1 is 1.28 bits per heavy atom. The standard InChI is InChI=1S/C16H15ClF3N3O2/c1-22-5-2-6-23-14(22)8-13(21-15(23)24)25-9-10-3-4-12(17)11(7-10)16(18,19)20/h3-4,7-8H,2,5-6,9H2,1H3. The van der Waals surface area contributed by atoms with Gasteiger partial charge in [0.25, 0.3) is 0 Å². The lowest BCUT2D eigenvalue weighted by Crippen LogP contribution is -2.36. The van der Waals surface area contributed by atoms with E-state index in [9.17, 15) is 18.0 Å². The Morgan fingerprint density at radius 2 is 2.04 bits per heavy atom. The largest absolute Gasteiger partial charge is 0.473 e. The normalized spacial score (nSPS) is 14.4. The molecule has 3 rings (SSSR count). The highest BCUT2D eigenvalue weighted by molar-refractivity contribution is 6.31. The molecule has 0 N–H and O–H groups in total. The van der Waals surface area contributed by atoms with Gasteiger partial charge in [0.1, 0.15) is 12.4 Å². The quantitative estimate of drug-likeness (QED) is 0.828. The molecule has 1 aromatic carbocycles. The highest BCUT2D eigenvalue weighted by Gasteiger charge is 2.33. The number of hydrogen-bond donors (Lipinski definition) is 0. The van der Waals surface area contributed by atoms with Crippen LogP contribution in [-0.2, 0) is 19.3 Å². The fourth-order valence-corrected chi connectivity index (χ4v) is 2.92. The van der Waals surface area contributed by atoms with Gasteiger partial charge in [-0.1, -0.05) is 17.7 Å². The number of hydrogen-bond acceptors (Lipinski definition) is 4. The summed E-state index contributed by atoms with van der Waals surface area (Å²) in [7, 11) is 1.85. The van der Waals surface area contributed by atoms with Crippen molar-refractivity contribution in [2.75, 3.05) is 18.5 Å². The van der Waals surface area contributed by atoms with Gasteiger partial charge in [0.15, 0.2) is 0 Å². The predicted octanol–water partition coefficient (Wildman–Crippen LogP) is 3.33. The van der Waals surface area contributed by atoms with E-state index < -0.39 is 17.4 Å². The molecule has 0 radical (unpaired) electrons. The molecule has 5 nitrogen and oxygen atoms in total. The van der Waals surface area contributed by atoms with Crippen LogP contribution in [0.3, 0.4) is 0 Å². The summed E-state index contributed by atoms with van der Waals surface area (Å²) in [5.74, 6) is 0.752. The van der Waals surface area contributed by atoms with Gasteiger partial charge in [-0.25, -0.2) is 4.79 Å². The van der Waals surface area contributed by atoms with Gasteiger partial charge in [-0.3, -0.25) is 4.57 Å². The van der Waals surface area contributed by atoms with Crippen molar-refractivity contribution in [3.8, 4) is 5.88 Å². The zero-order valence-corrected chi connectivity index (χ0v) is 14.1. The summed E-state index contributed by atoms with van der Waals surface area (Å²) in [6.07, 6.45) is -3.70. The Balaban J connectivity index is 1.82. The highest BCUT2D eigenvalue weighted by atomic mass is 35.5. The van der Waals surface area contributed by atoms with E-state index in [2.05, 4.69) is 4.98 Å². The van der Waals surface area contributed by atoms with Crippen molar-refractivity contribution in [3.05, 3.63) is 50.9 Å². The molecule has 0 aliphatic carbocycles. The molecule has 0 atom stereocenters. The summed E-state index contributed by atoms with van der Waals surface area (Å²) < 4.78 is 45.6. The first-order valence-corrected chi connectivity index (χ1v) is 7.95. The monoisotopic (exact) mass is 373 g/mol. The number of rotatable bonds is 3. The molecule has 134 valence electrons. The smallest absolute Gasteiger partial charge is 0.417 e. The first kappa shape index (κ1) is 17.6. The van der Waals surface area contributed by atoms with Crippen molar-refractivity contribution < 1.29 is 17.9 Å². The third kappa shape index (κ3) is 3.73. The molecule has 1 aliphatic rings. The Morgan fingerprint density at radius 3 is 2.76 bits per heavy atom. The second kappa shape index (κ2) is 6.59. The van der Waals surface area contributed by atoms with Crippen molar-refractivity contribution in [3.63, 3.8) is 0 Å². The second-order valence-electron chi connectivity index (χ2n) is 5.76. The number of aromatic nitrogens is 2. The zero-order valence-electron chi connectivity index (χ0n) is 13.3. The van der Waals surface area contributed by atoms with Gasteiger partial charge in [-0.2, -0.15) is 18.2 Å². The van der Waals surface area contributed by atoms with Crippen LogP contribution in [0.25, 0.3) is 0 Å². The summed E-state index contributed by atoms with van der Waals surface area (Å²) in [5.41, 5.74) is -1.08. The molecular weight excluding hydrogens is 359 g/mol. The van der Waals surface area contributed by atoms with Crippen LogP contribution in [0.5, 0.6) is 5.88 Å². The lowest BCUT2D eigenvalue weighted by atomic mass is 10.1. The first-order chi connectivity index (χ1) is 11.8. The molecule has 2 heterocycles. The number of nitrogens with zero attached hydrogens (tertiary/aromatic N) is 3. The van der Waals surface area contributed by atoms with Gasteiger partial charge in [0.05, 0.1) is 10.6 Å². The summed E-state index contributed by atoms with van der Waals surface area (Å²) in [4.78, 5) is 17.8. The van der Waals surface area contributed by atoms with Crippen LogP contribution in [0, 0.1) is 0 Å². The lowest BCUT2D eigenvalue weighted by Gasteiger charge is -2.28. The first-order valence-electron chi connectivity index (χ1n) is 7.57. The number of benzene rings is 1. The number of anilines is 1. The van der Waals surface area contributed by atoms with E-state index in [-0.39, 0.29) is 23.1 Å². The van der Waals surface area contributed by atoms with Crippen molar-refractivity contribution in [2.45, 2.75) is 25.7 Å². The molecule has 1 aromatic heterocycles. The number of alkyl halides is 3. The van der Waals surface area contributed by atoms with Gasteiger partial charge >= 0.3 is 11.9 Å². The molecule has 0 saturated carbocycles. The van der Waals surface area contributed by atoms with E-state index in [4.69, 9.17) is 16.3 Å². The van der Waals surface area contributed by atoms with Crippen molar-refractivity contribution in [2.24, 2.45) is 0 Å². The Hall–Kier alpha value is -2.22. The summed E-state index contributed by atoms with van der Waals surface area (Å²) in [6.45, 7) is 1.23. The highest BCUT2D eigenvalue weighted by Crippen LogP contribution is 2.35. The van der Waals surface area contributed by atoms with E-state index in [1.54, 1.807) is 10.6 Å². The topological polar surface area (TPSA) is 47.4 Å². The number of fused-ring (bicyclic) bond motifs is 1. The molecule has 0 saturated heterocycles. The Bertz CT molecular complexity index is 851. The average molecular weight is 374 g/mol. The zero-order chi connectivity index (χ0) is 18.2. The van der Waals surface area contributed by atoms with Gasteiger partial charge < -0.3 is 9.64 Å².